The van der Waals surface area contributed by atoms with E-state index in [0.717, 1.165) is 19.4 Å². The topological polar surface area (TPSA) is 50.7 Å². The van der Waals surface area contributed by atoms with Crippen molar-refractivity contribution in [1.29, 1.82) is 0 Å². The monoisotopic (exact) mass is 259 g/mol. The Hall–Kier alpha value is -0.160. The van der Waals surface area contributed by atoms with Crippen LogP contribution in [-0.4, -0.2) is 50.2 Å². The number of rotatable bonds is 11. The molecule has 0 bridgehead atoms. The van der Waals surface area contributed by atoms with E-state index in [1.54, 1.807) is 0 Å². The highest BCUT2D eigenvalue weighted by atomic mass is 16.5. The van der Waals surface area contributed by atoms with Crippen molar-refractivity contribution in [3.63, 3.8) is 0 Å². The maximum Gasteiger partial charge on any atom is 0.0897 e. The van der Waals surface area contributed by atoms with Crippen LogP contribution in [0.15, 0.2) is 0 Å². The molecule has 0 heterocycles. The Morgan fingerprint density at radius 2 is 1.94 bits per heavy atom. The third kappa shape index (κ3) is 6.69. The van der Waals surface area contributed by atoms with E-state index in [1.165, 1.54) is 6.42 Å². The van der Waals surface area contributed by atoms with E-state index >= 15 is 0 Å². The number of aliphatic hydroxyl groups excluding tert-OH is 1. The number of hydrogen-bond acceptors (Lipinski definition) is 4. The Morgan fingerprint density at radius 1 is 1.28 bits per heavy atom. The van der Waals surface area contributed by atoms with Crippen LogP contribution >= 0.6 is 0 Å². The summed E-state index contributed by atoms with van der Waals surface area (Å²) in [6, 6.07) is 0.560. The molecule has 1 rings (SSSR count). The minimum absolute atomic E-state index is 0.386. The summed E-state index contributed by atoms with van der Waals surface area (Å²) in [6.45, 7) is 9.61. The summed E-state index contributed by atoms with van der Waals surface area (Å²) < 4.78 is 10.7. The van der Waals surface area contributed by atoms with Gasteiger partial charge < -0.3 is 19.9 Å². The third-order valence-corrected chi connectivity index (χ3v) is 3.44. The van der Waals surface area contributed by atoms with Crippen molar-refractivity contribution in [1.82, 2.24) is 5.32 Å². The number of aliphatic hydroxyl groups is 1. The van der Waals surface area contributed by atoms with E-state index < -0.39 is 6.10 Å². The van der Waals surface area contributed by atoms with Gasteiger partial charge in [-0.2, -0.15) is 0 Å². The molecule has 0 spiro atoms. The smallest absolute Gasteiger partial charge is 0.0897 e. The first-order chi connectivity index (χ1) is 8.56. The second-order valence-electron chi connectivity index (χ2n) is 5.85. The van der Waals surface area contributed by atoms with Gasteiger partial charge in [-0.05, 0) is 18.3 Å². The molecule has 0 aromatic heterocycles. The maximum atomic E-state index is 9.71. The van der Waals surface area contributed by atoms with Crippen LogP contribution in [0.2, 0.25) is 0 Å². The molecule has 1 saturated carbocycles. The second-order valence-corrected chi connectivity index (χ2v) is 5.85. The zero-order valence-electron chi connectivity index (χ0n) is 12.1. The van der Waals surface area contributed by atoms with Crippen molar-refractivity contribution in [3.05, 3.63) is 0 Å². The van der Waals surface area contributed by atoms with Gasteiger partial charge in [-0.15, -0.1) is 0 Å². The van der Waals surface area contributed by atoms with Crippen molar-refractivity contribution in [2.75, 3.05) is 33.0 Å². The van der Waals surface area contributed by atoms with E-state index in [1.807, 2.05) is 0 Å². The lowest BCUT2D eigenvalue weighted by atomic mass is 10.2. The number of ether oxygens (including phenoxy) is 2. The lowest BCUT2D eigenvalue weighted by molar-refractivity contribution is 0.00366. The Balaban J connectivity index is 1.83. The van der Waals surface area contributed by atoms with E-state index in [4.69, 9.17) is 9.47 Å². The highest BCUT2D eigenvalue weighted by molar-refractivity contribution is 5.01. The molecule has 0 aromatic rings. The van der Waals surface area contributed by atoms with Crippen LogP contribution in [0, 0.1) is 5.41 Å². The molecule has 0 aliphatic heterocycles. The summed E-state index contributed by atoms with van der Waals surface area (Å²) >= 11 is 0. The molecule has 2 atom stereocenters. The zero-order valence-corrected chi connectivity index (χ0v) is 12.1. The van der Waals surface area contributed by atoms with Gasteiger partial charge >= 0.3 is 0 Å². The minimum Gasteiger partial charge on any atom is -0.389 e. The standard InChI is InChI=1S/C14H29NO3/c1-4-5-6-17-7-8-18-11-12(16)10-15-13-9-14(13,2)3/h12-13,15-16H,4-11H2,1-3H3. The molecule has 4 heteroatoms. The molecular formula is C14H29NO3. The first-order valence-electron chi connectivity index (χ1n) is 7.13. The minimum atomic E-state index is -0.419. The highest BCUT2D eigenvalue weighted by Gasteiger charge is 2.45. The van der Waals surface area contributed by atoms with E-state index in [0.29, 0.717) is 37.8 Å². The Labute approximate surface area is 111 Å². The van der Waals surface area contributed by atoms with Gasteiger partial charge in [0.25, 0.3) is 0 Å². The van der Waals surface area contributed by atoms with Gasteiger partial charge in [0.05, 0.1) is 25.9 Å². The van der Waals surface area contributed by atoms with Gasteiger partial charge in [-0.3, -0.25) is 0 Å². The van der Waals surface area contributed by atoms with Crippen LogP contribution in [0.4, 0.5) is 0 Å². The van der Waals surface area contributed by atoms with Gasteiger partial charge in [-0.1, -0.05) is 27.2 Å². The van der Waals surface area contributed by atoms with Gasteiger partial charge in [0, 0.05) is 19.2 Å². The number of unbranched alkanes of at least 4 members (excludes halogenated alkanes) is 1. The van der Waals surface area contributed by atoms with Crippen LogP contribution in [0.5, 0.6) is 0 Å². The molecule has 2 N–H and O–H groups in total. The van der Waals surface area contributed by atoms with Crippen LogP contribution in [0.1, 0.15) is 40.0 Å². The molecule has 18 heavy (non-hydrogen) atoms. The van der Waals surface area contributed by atoms with Crippen molar-refractivity contribution >= 4 is 0 Å². The predicted molar refractivity (Wildman–Crippen MR) is 72.7 cm³/mol. The summed E-state index contributed by atoms with van der Waals surface area (Å²) in [4.78, 5) is 0. The Morgan fingerprint density at radius 3 is 2.56 bits per heavy atom. The Kier molecular flexibility index (Phi) is 7.15. The molecule has 2 unspecified atom stereocenters. The largest absolute Gasteiger partial charge is 0.389 e. The highest BCUT2D eigenvalue weighted by Crippen LogP contribution is 2.44. The van der Waals surface area contributed by atoms with Gasteiger partial charge in [-0.25, -0.2) is 0 Å². The average molecular weight is 259 g/mol. The van der Waals surface area contributed by atoms with Crippen LogP contribution in [0.3, 0.4) is 0 Å². The van der Waals surface area contributed by atoms with E-state index in [2.05, 4.69) is 26.1 Å². The molecule has 1 aliphatic rings. The first kappa shape index (κ1) is 15.9. The van der Waals surface area contributed by atoms with Crippen molar-refractivity contribution < 1.29 is 14.6 Å². The Bertz CT molecular complexity index is 221. The fourth-order valence-corrected chi connectivity index (χ4v) is 1.84. The lowest BCUT2D eigenvalue weighted by Gasteiger charge is -2.13. The molecule has 0 saturated heterocycles. The summed E-state index contributed by atoms with van der Waals surface area (Å²) in [5.41, 5.74) is 0.410. The predicted octanol–water partition coefficient (Wildman–Crippen LogP) is 1.57. The summed E-state index contributed by atoms with van der Waals surface area (Å²) in [5, 5.41) is 13.1. The molecule has 1 fully saturated rings. The maximum absolute atomic E-state index is 9.71. The number of hydrogen-bond donors (Lipinski definition) is 2. The summed E-state index contributed by atoms with van der Waals surface area (Å²) in [7, 11) is 0. The fraction of sp³-hybridized carbons (Fsp3) is 1.00. The molecule has 0 radical (unpaired) electrons. The van der Waals surface area contributed by atoms with Crippen molar-refractivity contribution in [2.24, 2.45) is 5.41 Å². The first-order valence-corrected chi connectivity index (χ1v) is 7.13. The van der Waals surface area contributed by atoms with Crippen LogP contribution in [0.25, 0.3) is 0 Å². The molecule has 0 amide bonds. The van der Waals surface area contributed by atoms with Crippen molar-refractivity contribution in [3.8, 4) is 0 Å². The zero-order chi connectivity index (χ0) is 13.4. The molecule has 4 nitrogen and oxygen atoms in total. The lowest BCUT2D eigenvalue weighted by Crippen LogP contribution is -2.33. The van der Waals surface area contributed by atoms with Gasteiger partial charge in [0.2, 0.25) is 0 Å². The van der Waals surface area contributed by atoms with Gasteiger partial charge in [0.1, 0.15) is 0 Å². The average Bonchev–Trinajstić information content (AvgIpc) is 2.93. The van der Waals surface area contributed by atoms with E-state index in [-0.39, 0.29) is 0 Å². The van der Waals surface area contributed by atoms with Crippen LogP contribution in [-0.2, 0) is 9.47 Å². The molecule has 108 valence electrons. The SMILES string of the molecule is CCCCOCCOCC(O)CNC1CC1(C)C. The second kappa shape index (κ2) is 8.10. The fourth-order valence-electron chi connectivity index (χ4n) is 1.84. The quantitative estimate of drug-likeness (QED) is 0.553. The number of nitrogens with one attached hydrogen (secondary N) is 1. The molecule has 0 aromatic carbocycles. The van der Waals surface area contributed by atoms with Gasteiger partial charge in [0.15, 0.2) is 0 Å². The van der Waals surface area contributed by atoms with E-state index in [9.17, 15) is 5.11 Å². The molecule has 1 aliphatic carbocycles. The van der Waals surface area contributed by atoms with Crippen LogP contribution < -0.4 is 5.32 Å². The normalized spacial score (nSPS) is 23.0. The third-order valence-electron chi connectivity index (χ3n) is 3.44. The summed E-state index contributed by atoms with van der Waals surface area (Å²) in [5.74, 6) is 0. The van der Waals surface area contributed by atoms with Crippen molar-refractivity contribution in [2.45, 2.75) is 52.2 Å². The molecular weight excluding hydrogens is 230 g/mol. The summed E-state index contributed by atoms with van der Waals surface area (Å²) in [6.07, 6.45) is 3.04.